The van der Waals surface area contributed by atoms with Gasteiger partial charge in [-0.05, 0) is 36.3 Å². The highest BCUT2D eigenvalue weighted by Crippen LogP contribution is 2.39. The van der Waals surface area contributed by atoms with Crippen LogP contribution < -0.4 is 4.74 Å². The van der Waals surface area contributed by atoms with E-state index in [1.807, 2.05) is 41.3 Å². The Bertz CT molecular complexity index is 900. The van der Waals surface area contributed by atoms with E-state index < -0.39 is 8.32 Å². The average molecular weight is 474 g/mol. The van der Waals surface area contributed by atoms with Crippen molar-refractivity contribution >= 4 is 26.2 Å². The van der Waals surface area contributed by atoms with Crippen molar-refractivity contribution in [3.05, 3.63) is 60.2 Å². The normalized spacial score (nSPS) is 17.9. The van der Waals surface area contributed by atoms with Crippen molar-refractivity contribution < 1.29 is 18.7 Å². The van der Waals surface area contributed by atoms with Gasteiger partial charge >= 0.3 is 6.09 Å². The van der Waals surface area contributed by atoms with Gasteiger partial charge in [0.05, 0.1) is 7.11 Å². The Morgan fingerprint density at radius 3 is 2.44 bits per heavy atom. The number of thioether (sulfide) groups is 1. The lowest BCUT2D eigenvalue weighted by Gasteiger charge is -2.38. The molecule has 5 nitrogen and oxygen atoms in total. The average Bonchev–Trinajstić information content (AvgIpc) is 3.10. The molecule has 1 fully saturated rings. The topological polar surface area (TPSA) is 48.0 Å². The van der Waals surface area contributed by atoms with Gasteiger partial charge in [-0.3, -0.25) is 4.90 Å². The summed E-state index contributed by atoms with van der Waals surface area (Å²) in [4.78, 5) is 15.6. The fourth-order valence-corrected chi connectivity index (χ4v) is 5.50. The number of amides is 1. The summed E-state index contributed by atoms with van der Waals surface area (Å²) in [5, 5.41) is 0.0336. The number of ether oxygens (including phenoxy) is 2. The summed E-state index contributed by atoms with van der Waals surface area (Å²) >= 11 is 1.65. The second-order valence-electron chi connectivity index (χ2n) is 9.63. The Kier molecular flexibility index (Phi) is 7.95. The van der Waals surface area contributed by atoms with Gasteiger partial charge in [0.1, 0.15) is 17.7 Å². The van der Waals surface area contributed by atoms with Crippen LogP contribution in [0.1, 0.15) is 32.3 Å². The number of cyclic esters (lactones) is 1. The van der Waals surface area contributed by atoms with Crippen molar-refractivity contribution in [1.82, 2.24) is 4.90 Å². The molecule has 1 amide bonds. The number of rotatable bonds is 9. The van der Waals surface area contributed by atoms with Crippen LogP contribution in [0, 0.1) is 0 Å². The van der Waals surface area contributed by atoms with Crippen LogP contribution in [-0.2, 0) is 9.16 Å². The number of hydrogen-bond donors (Lipinski definition) is 0. The number of carbonyl (C=O) groups excluding carboxylic acids is 1. The van der Waals surface area contributed by atoms with E-state index in [9.17, 15) is 4.79 Å². The molecule has 0 radical (unpaired) electrons. The fourth-order valence-electron chi connectivity index (χ4n) is 3.39. The highest BCUT2D eigenvalue weighted by atomic mass is 32.2. The van der Waals surface area contributed by atoms with Crippen LogP contribution in [0.4, 0.5) is 4.79 Å². The molecule has 0 aromatic heterocycles. The first-order valence-electron chi connectivity index (χ1n) is 11.0. The van der Waals surface area contributed by atoms with Gasteiger partial charge in [0.25, 0.3) is 0 Å². The molecule has 0 spiro atoms. The first-order chi connectivity index (χ1) is 15.1. The molecule has 0 aliphatic carbocycles. The van der Waals surface area contributed by atoms with Crippen LogP contribution >= 0.6 is 11.8 Å². The molecule has 1 heterocycles. The molecule has 0 saturated carbocycles. The van der Waals surface area contributed by atoms with Gasteiger partial charge in [-0.25, -0.2) is 4.79 Å². The molecule has 174 valence electrons. The molecule has 7 heteroatoms. The Hall–Kier alpha value is -1.96. The van der Waals surface area contributed by atoms with E-state index in [-0.39, 0.29) is 22.4 Å². The minimum atomic E-state index is -1.96. The van der Waals surface area contributed by atoms with Crippen molar-refractivity contribution in [1.29, 1.82) is 0 Å². The van der Waals surface area contributed by atoms with Crippen LogP contribution in [0.2, 0.25) is 18.1 Å². The zero-order chi connectivity index (χ0) is 23.4. The van der Waals surface area contributed by atoms with Gasteiger partial charge in [-0.2, -0.15) is 0 Å². The van der Waals surface area contributed by atoms with Gasteiger partial charge in [0.15, 0.2) is 8.32 Å². The standard InChI is InChI=1S/C25H35NO4SSi/c1-25(2,3)32(5,6)30-17-19(21-14-10-11-15-22(21)28-4)16-26-23(18-29-24(26)27)31-20-12-8-7-9-13-20/h7-15,19,23H,16-18H2,1-6H3. The van der Waals surface area contributed by atoms with Crippen LogP contribution in [0.15, 0.2) is 59.5 Å². The number of carbonyl (C=O) groups is 1. The lowest BCUT2D eigenvalue weighted by atomic mass is 9.98. The van der Waals surface area contributed by atoms with Crippen molar-refractivity contribution in [2.75, 3.05) is 26.9 Å². The Morgan fingerprint density at radius 1 is 1.12 bits per heavy atom. The third-order valence-corrected chi connectivity index (χ3v) is 12.1. The minimum absolute atomic E-state index is 0.0233. The molecule has 2 unspecified atom stereocenters. The van der Waals surface area contributed by atoms with Gasteiger partial charge in [0.2, 0.25) is 0 Å². The zero-order valence-electron chi connectivity index (χ0n) is 20.0. The maximum absolute atomic E-state index is 12.7. The lowest BCUT2D eigenvalue weighted by Crippen LogP contribution is -2.43. The number of methoxy groups -OCH3 is 1. The third kappa shape index (κ3) is 5.88. The van der Waals surface area contributed by atoms with Gasteiger partial charge in [-0.1, -0.05) is 68.9 Å². The summed E-state index contributed by atoms with van der Waals surface area (Å²) < 4.78 is 17.7. The molecule has 2 atom stereocenters. The number of hydrogen-bond acceptors (Lipinski definition) is 5. The largest absolute Gasteiger partial charge is 0.496 e. The van der Waals surface area contributed by atoms with Crippen molar-refractivity contribution in [3.63, 3.8) is 0 Å². The molecule has 32 heavy (non-hydrogen) atoms. The van der Waals surface area contributed by atoms with Gasteiger partial charge in [-0.15, -0.1) is 0 Å². The second-order valence-corrected chi connectivity index (χ2v) is 15.7. The van der Waals surface area contributed by atoms with Gasteiger partial charge < -0.3 is 13.9 Å². The molecule has 1 aliphatic rings. The van der Waals surface area contributed by atoms with E-state index in [1.54, 1.807) is 18.9 Å². The molecular formula is C25H35NO4SSi. The van der Waals surface area contributed by atoms with Crippen molar-refractivity contribution in [3.8, 4) is 5.75 Å². The van der Waals surface area contributed by atoms with Crippen LogP contribution in [0.3, 0.4) is 0 Å². The summed E-state index contributed by atoms with van der Waals surface area (Å²) in [5.41, 5.74) is 1.05. The Labute approximate surface area is 197 Å². The molecule has 2 aromatic carbocycles. The summed E-state index contributed by atoms with van der Waals surface area (Å²) in [7, 11) is -0.276. The van der Waals surface area contributed by atoms with E-state index in [0.717, 1.165) is 16.2 Å². The summed E-state index contributed by atoms with van der Waals surface area (Å²) in [6, 6.07) is 18.1. The Balaban J connectivity index is 1.84. The number of para-hydroxylation sites is 1. The van der Waals surface area contributed by atoms with Crippen molar-refractivity contribution in [2.24, 2.45) is 0 Å². The fraction of sp³-hybridized carbons (Fsp3) is 0.480. The van der Waals surface area contributed by atoms with Crippen LogP contribution in [-0.4, -0.2) is 51.6 Å². The molecule has 2 aromatic rings. The monoisotopic (exact) mass is 473 g/mol. The zero-order valence-corrected chi connectivity index (χ0v) is 21.8. The number of nitrogens with zero attached hydrogens (tertiary/aromatic N) is 1. The van der Waals surface area contributed by atoms with E-state index in [0.29, 0.717) is 19.8 Å². The molecule has 0 bridgehead atoms. The number of benzene rings is 2. The molecule has 1 aliphatic heterocycles. The first kappa shape index (κ1) is 24.7. The smallest absolute Gasteiger partial charge is 0.410 e. The quantitative estimate of drug-likeness (QED) is 0.396. The van der Waals surface area contributed by atoms with Crippen LogP contribution in [0.25, 0.3) is 0 Å². The molecular weight excluding hydrogens is 438 g/mol. The van der Waals surface area contributed by atoms with E-state index in [2.05, 4.69) is 52.1 Å². The predicted molar refractivity (Wildman–Crippen MR) is 133 cm³/mol. The summed E-state index contributed by atoms with van der Waals surface area (Å²) in [6.07, 6.45) is -0.273. The minimum Gasteiger partial charge on any atom is -0.496 e. The van der Waals surface area contributed by atoms with E-state index in [1.165, 1.54) is 0 Å². The maximum atomic E-state index is 12.7. The SMILES string of the molecule is COc1ccccc1C(CO[Si](C)(C)C(C)(C)C)CN1C(=O)OCC1Sc1ccccc1. The lowest BCUT2D eigenvalue weighted by molar-refractivity contribution is 0.152. The van der Waals surface area contributed by atoms with Crippen molar-refractivity contribution in [2.45, 2.75) is 55.1 Å². The molecule has 1 saturated heterocycles. The summed E-state index contributed by atoms with van der Waals surface area (Å²) in [6.45, 7) is 12.6. The second kappa shape index (κ2) is 10.3. The third-order valence-electron chi connectivity index (χ3n) is 6.39. The Morgan fingerprint density at radius 2 is 1.78 bits per heavy atom. The van der Waals surface area contributed by atoms with Crippen LogP contribution in [0.5, 0.6) is 5.75 Å². The predicted octanol–water partition coefficient (Wildman–Crippen LogP) is 6.37. The molecule has 3 rings (SSSR count). The highest BCUT2D eigenvalue weighted by Gasteiger charge is 2.40. The van der Waals surface area contributed by atoms with E-state index in [4.69, 9.17) is 13.9 Å². The molecule has 0 N–H and O–H groups in total. The summed E-state index contributed by atoms with van der Waals surface area (Å²) in [5.74, 6) is 0.793. The maximum Gasteiger partial charge on any atom is 0.410 e. The highest BCUT2D eigenvalue weighted by molar-refractivity contribution is 8.00. The van der Waals surface area contributed by atoms with Gasteiger partial charge in [0, 0.05) is 29.5 Å². The van der Waals surface area contributed by atoms with E-state index >= 15 is 0 Å². The first-order valence-corrected chi connectivity index (χ1v) is 14.8.